The number of aryl methyl sites for hydroxylation is 1. The van der Waals surface area contributed by atoms with Crippen molar-refractivity contribution in [2.24, 2.45) is 0 Å². The van der Waals surface area contributed by atoms with E-state index in [2.05, 4.69) is 0 Å². The minimum atomic E-state index is -0.956. The third-order valence-electron chi connectivity index (χ3n) is 6.25. The molecule has 0 spiro atoms. The number of urea groups is 1. The van der Waals surface area contributed by atoms with E-state index in [-0.39, 0.29) is 5.56 Å². The fraction of sp³-hybridized carbons (Fsp3) is 0.231. The largest absolute Gasteiger partial charge is 0.467 e. The summed E-state index contributed by atoms with van der Waals surface area (Å²) in [6.45, 7) is 3.93. The Morgan fingerprint density at radius 2 is 1.84 bits per heavy atom. The van der Waals surface area contributed by atoms with Crippen LogP contribution in [-0.4, -0.2) is 22.6 Å². The van der Waals surface area contributed by atoms with E-state index in [0.29, 0.717) is 17.9 Å². The van der Waals surface area contributed by atoms with Crippen LogP contribution in [0.15, 0.2) is 72.8 Å². The molecule has 2 heterocycles. The minimum Gasteiger partial charge on any atom is -0.467 e. The van der Waals surface area contributed by atoms with Gasteiger partial charge in [-0.15, -0.1) is 0 Å². The van der Waals surface area contributed by atoms with Crippen molar-refractivity contribution in [2.45, 2.75) is 38.5 Å². The van der Waals surface area contributed by atoms with Gasteiger partial charge in [0.25, 0.3) is 5.91 Å². The van der Waals surface area contributed by atoms with Gasteiger partial charge in [-0.2, -0.15) is 0 Å². The fourth-order valence-corrected chi connectivity index (χ4v) is 4.67. The van der Waals surface area contributed by atoms with Gasteiger partial charge < -0.3 is 4.74 Å². The molecule has 6 heteroatoms. The third kappa shape index (κ3) is 3.14. The minimum absolute atomic E-state index is 0.259. The van der Waals surface area contributed by atoms with Crippen molar-refractivity contribution in [1.29, 1.82) is 0 Å². The topological polar surface area (TPSA) is 49.9 Å². The van der Waals surface area contributed by atoms with Gasteiger partial charge in [0.15, 0.2) is 5.72 Å². The molecule has 2 aliphatic heterocycles. The molecule has 0 unspecified atom stereocenters. The Balaban J connectivity index is 1.66. The van der Waals surface area contributed by atoms with Gasteiger partial charge in [0.05, 0.1) is 6.04 Å². The van der Waals surface area contributed by atoms with Crippen molar-refractivity contribution in [3.63, 3.8) is 0 Å². The number of imide groups is 1. The number of hydrogen-bond donors (Lipinski definition) is 0. The van der Waals surface area contributed by atoms with Crippen molar-refractivity contribution in [3.8, 4) is 5.75 Å². The summed E-state index contributed by atoms with van der Waals surface area (Å²) in [4.78, 5) is 30.3. The van der Waals surface area contributed by atoms with Crippen LogP contribution in [0.2, 0.25) is 0 Å². The first-order valence-corrected chi connectivity index (χ1v) is 10.7. The van der Waals surface area contributed by atoms with E-state index >= 15 is 0 Å². The second-order valence-electron chi connectivity index (χ2n) is 8.36. The molecule has 3 aromatic rings. The lowest BCUT2D eigenvalue weighted by Crippen LogP contribution is -2.67. The molecule has 5 rings (SSSR count). The molecule has 5 nitrogen and oxygen atoms in total. The van der Waals surface area contributed by atoms with Crippen molar-refractivity contribution in [2.75, 3.05) is 4.90 Å². The Morgan fingerprint density at radius 3 is 2.59 bits per heavy atom. The lowest BCUT2D eigenvalue weighted by atomic mass is 9.88. The monoisotopic (exact) mass is 430 g/mol. The van der Waals surface area contributed by atoms with Crippen LogP contribution in [0.25, 0.3) is 0 Å². The van der Waals surface area contributed by atoms with Crippen LogP contribution in [0.5, 0.6) is 5.75 Å². The van der Waals surface area contributed by atoms with E-state index in [0.717, 1.165) is 17.5 Å². The van der Waals surface area contributed by atoms with Gasteiger partial charge in [0, 0.05) is 23.2 Å². The molecule has 162 valence electrons. The zero-order valence-electron chi connectivity index (χ0n) is 17.9. The van der Waals surface area contributed by atoms with Gasteiger partial charge >= 0.3 is 6.03 Å². The SMILES string of the molecule is CCc1cccc(N2C(=O)N(C(=O)c3ccc(F)cc3)[C@@H]3C[C@]2(C)Oc2ccccc23)c1. The first-order valence-electron chi connectivity index (χ1n) is 10.7. The fourth-order valence-electron chi connectivity index (χ4n) is 4.67. The summed E-state index contributed by atoms with van der Waals surface area (Å²) >= 11 is 0. The van der Waals surface area contributed by atoms with Gasteiger partial charge in [-0.05, 0) is 61.4 Å². The Bertz CT molecular complexity index is 1210. The highest BCUT2D eigenvalue weighted by molar-refractivity contribution is 6.10. The molecule has 32 heavy (non-hydrogen) atoms. The van der Waals surface area contributed by atoms with Crippen LogP contribution in [0.3, 0.4) is 0 Å². The lowest BCUT2D eigenvalue weighted by Gasteiger charge is -2.53. The maximum Gasteiger partial charge on any atom is 0.335 e. The van der Waals surface area contributed by atoms with Crippen LogP contribution in [-0.2, 0) is 6.42 Å². The molecule has 0 aromatic heterocycles. The number of para-hydroxylation sites is 1. The number of ether oxygens (including phenoxy) is 1. The smallest absolute Gasteiger partial charge is 0.335 e. The van der Waals surface area contributed by atoms with Crippen LogP contribution in [0.4, 0.5) is 14.9 Å². The van der Waals surface area contributed by atoms with E-state index in [1.165, 1.54) is 29.2 Å². The normalized spacial score (nSPS) is 21.7. The summed E-state index contributed by atoms with van der Waals surface area (Å²) in [7, 11) is 0. The molecule has 0 saturated carbocycles. The maximum absolute atomic E-state index is 13.9. The van der Waals surface area contributed by atoms with E-state index in [1.54, 1.807) is 4.90 Å². The number of anilines is 1. The molecule has 2 aliphatic rings. The van der Waals surface area contributed by atoms with Crippen LogP contribution >= 0.6 is 0 Å². The highest BCUT2D eigenvalue weighted by Gasteiger charge is 2.55. The highest BCUT2D eigenvalue weighted by atomic mass is 19.1. The molecule has 2 atom stereocenters. The number of amides is 3. The predicted molar refractivity (Wildman–Crippen MR) is 119 cm³/mol. The average Bonchev–Trinajstić information content (AvgIpc) is 2.79. The Kier molecular flexibility index (Phi) is 4.73. The third-order valence-corrected chi connectivity index (χ3v) is 6.25. The Hall–Kier alpha value is -3.67. The molecule has 1 saturated heterocycles. The van der Waals surface area contributed by atoms with Crippen LogP contribution in [0, 0.1) is 5.82 Å². The van der Waals surface area contributed by atoms with Crippen molar-refractivity contribution in [1.82, 2.24) is 4.90 Å². The second kappa shape index (κ2) is 7.48. The molecule has 2 bridgehead atoms. The highest BCUT2D eigenvalue weighted by Crippen LogP contribution is 2.49. The number of carbonyl (C=O) groups excluding carboxylic acids is 2. The molecule has 3 aromatic carbocycles. The summed E-state index contributed by atoms with van der Waals surface area (Å²) in [6, 6.07) is 19.5. The van der Waals surface area contributed by atoms with E-state index in [9.17, 15) is 14.0 Å². The second-order valence-corrected chi connectivity index (χ2v) is 8.36. The quantitative estimate of drug-likeness (QED) is 0.535. The molecular weight excluding hydrogens is 407 g/mol. The molecule has 0 radical (unpaired) electrons. The van der Waals surface area contributed by atoms with Gasteiger partial charge in [0.1, 0.15) is 11.6 Å². The van der Waals surface area contributed by atoms with Crippen molar-refractivity contribution < 1.29 is 18.7 Å². The van der Waals surface area contributed by atoms with Crippen LogP contribution < -0.4 is 9.64 Å². The Labute approximate surface area is 186 Å². The number of nitrogens with zero attached hydrogens (tertiary/aromatic N) is 2. The van der Waals surface area contributed by atoms with Gasteiger partial charge in [0.2, 0.25) is 0 Å². The first kappa shape index (κ1) is 20.2. The average molecular weight is 430 g/mol. The van der Waals surface area contributed by atoms with Crippen LogP contribution in [0.1, 0.15) is 47.8 Å². The number of benzene rings is 3. The molecule has 0 N–H and O–H groups in total. The van der Waals surface area contributed by atoms with E-state index in [1.807, 2.05) is 62.4 Å². The lowest BCUT2D eigenvalue weighted by molar-refractivity contribution is 0.00268. The summed E-state index contributed by atoms with van der Waals surface area (Å²) in [5.41, 5.74) is 1.84. The summed E-state index contributed by atoms with van der Waals surface area (Å²) < 4.78 is 19.8. The standard InChI is InChI=1S/C26H23FN2O3/c1-3-17-7-6-8-20(15-17)29-25(31)28(24(30)18-11-13-19(27)14-12-18)22-16-26(29,2)32-23-10-5-4-9-21(22)23/h4-15,22H,3,16H2,1-2H3/t22-,26+/m1/s1. The summed E-state index contributed by atoms with van der Waals surface area (Å²) in [5, 5.41) is 0. The maximum atomic E-state index is 13.9. The Morgan fingerprint density at radius 1 is 1.09 bits per heavy atom. The number of halogens is 1. The summed E-state index contributed by atoms with van der Waals surface area (Å²) in [6.07, 6.45) is 1.23. The van der Waals surface area contributed by atoms with Crippen molar-refractivity contribution in [3.05, 3.63) is 95.3 Å². The summed E-state index contributed by atoms with van der Waals surface area (Å²) in [5.74, 6) is -0.254. The number of rotatable bonds is 3. The zero-order chi connectivity index (χ0) is 22.5. The zero-order valence-corrected chi connectivity index (χ0v) is 17.9. The molecular formula is C26H23FN2O3. The van der Waals surface area contributed by atoms with Gasteiger partial charge in [-0.25, -0.2) is 9.18 Å². The van der Waals surface area contributed by atoms with E-state index in [4.69, 9.17) is 4.74 Å². The van der Waals surface area contributed by atoms with E-state index < -0.39 is 29.5 Å². The molecule has 3 amide bonds. The molecule has 1 fully saturated rings. The van der Waals surface area contributed by atoms with Gasteiger partial charge in [-0.1, -0.05) is 37.3 Å². The number of carbonyl (C=O) groups is 2. The number of hydrogen-bond acceptors (Lipinski definition) is 3. The van der Waals surface area contributed by atoms with Crippen molar-refractivity contribution >= 4 is 17.6 Å². The predicted octanol–water partition coefficient (Wildman–Crippen LogP) is 5.71. The van der Waals surface area contributed by atoms with Gasteiger partial charge in [-0.3, -0.25) is 14.6 Å². The molecule has 0 aliphatic carbocycles. The number of fused-ring (bicyclic) bond motifs is 4. The first-order chi connectivity index (χ1) is 15.4.